The van der Waals surface area contributed by atoms with Crippen LogP contribution in [0.4, 0.5) is 23.1 Å². The third kappa shape index (κ3) is 7.88. The average molecular weight is 480 g/mol. The molecular weight excluding hydrogens is 454 g/mol. The van der Waals surface area contributed by atoms with Gasteiger partial charge in [-0.3, -0.25) is 4.79 Å². The van der Waals surface area contributed by atoms with Gasteiger partial charge in [0.1, 0.15) is 10.8 Å². The molecule has 3 rings (SSSR count). The van der Waals surface area contributed by atoms with Crippen LogP contribution in [0.15, 0.2) is 72.0 Å². The largest absolute Gasteiger partial charge is 0.497 e. The minimum Gasteiger partial charge on any atom is -0.497 e. The van der Waals surface area contributed by atoms with Crippen LogP contribution < -0.4 is 20.8 Å². The molecule has 0 saturated heterocycles. The molecule has 0 unspecified atom stereocenters. The van der Waals surface area contributed by atoms with Gasteiger partial charge in [0.05, 0.1) is 19.5 Å². The van der Waals surface area contributed by atoms with Crippen molar-refractivity contribution in [1.82, 2.24) is 14.9 Å². The third-order valence-electron chi connectivity index (χ3n) is 4.37. The van der Waals surface area contributed by atoms with Gasteiger partial charge in [0.15, 0.2) is 5.82 Å². The minimum atomic E-state index is -0.208. The van der Waals surface area contributed by atoms with E-state index in [1.807, 2.05) is 55.4 Å². The van der Waals surface area contributed by atoms with Crippen molar-refractivity contribution in [3.8, 4) is 5.75 Å². The Morgan fingerprint density at radius 2 is 1.94 bits per heavy atom. The molecule has 0 aliphatic carbocycles. The predicted octanol–water partition coefficient (Wildman–Crippen LogP) is 4.38. The number of hydrogen-bond donors (Lipinski definition) is 3. The molecular formula is C24H26ClN7O2. The lowest BCUT2D eigenvalue weighted by Crippen LogP contribution is -2.13. The maximum absolute atomic E-state index is 12.1. The summed E-state index contributed by atoms with van der Waals surface area (Å²) in [5.41, 5.74) is 5.01. The molecule has 0 atom stereocenters. The molecule has 1 heterocycles. The van der Waals surface area contributed by atoms with Crippen LogP contribution in [0.3, 0.4) is 0 Å². The van der Waals surface area contributed by atoms with Gasteiger partial charge >= 0.3 is 0 Å². The first kappa shape index (κ1) is 24.7. The summed E-state index contributed by atoms with van der Waals surface area (Å²) in [7, 11) is 5.49. The normalized spacial score (nSPS) is 11.2. The topological polar surface area (TPSA) is 104 Å². The lowest BCUT2D eigenvalue weighted by Gasteiger charge is -2.10. The number of hydrazone groups is 1. The zero-order valence-corrected chi connectivity index (χ0v) is 19.9. The Labute approximate surface area is 203 Å². The second-order valence-corrected chi connectivity index (χ2v) is 7.80. The summed E-state index contributed by atoms with van der Waals surface area (Å²) in [5, 5.41) is 10.5. The monoisotopic (exact) mass is 479 g/mol. The lowest BCUT2D eigenvalue weighted by molar-refractivity contribution is -0.111. The van der Waals surface area contributed by atoms with Gasteiger partial charge in [0, 0.05) is 24.0 Å². The maximum atomic E-state index is 12.1. The Hall–Kier alpha value is -3.95. The molecule has 3 N–H and O–H groups in total. The standard InChI is InChI=1S/C24H26ClN7O2/c1-32(2)13-5-8-22(33)28-18-6-4-7-19(14-18)29-23-21(25)16-26-24(30-23)31-27-15-17-9-11-20(34-3)12-10-17/h4-12,14-16H,13H2,1-3H3,(H,28,33)(H2,26,29,30,31)/b8-5+,27-15+. The van der Waals surface area contributed by atoms with Gasteiger partial charge in [-0.05, 0) is 62.1 Å². The van der Waals surface area contributed by atoms with Gasteiger partial charge < -0.3 is 20.3 Å². The predicted molar refractivity (Wildman–Crippen MR) is 137 cm³/mol. The SMILES string of the molecule is COc1ccc(/C=N/Nc2ncc(Cl)c(Nc3cccc(NC(=O)/C=C/CN(C)C)c3)n2)cc1. The van der Waals surface area contributed by atoms with E-state index in [2.05, 4.69) is 31.1 Å². The molecule has 0 aliphatic heterocycles. The number of hydrogen-bond acceptors (Lipinski definition) is 8. The number of carbonyl (C=O) groups is 1. The first-order valence-electron chi connectivity index (χ1n) is 10.4. The van der Waals surface area contributed by atoms with E-state index in [0.717, 1.165) is 11.3 Å². The quantitative estimate of drug-likeness (QED) is 0.225. The van der Waals surface area contributed by atoms with E-state index in [1.54, 1.807) is 31.5 Å². The summed E-state index contributed by atoms with van der Waals surface area (Å²) in [6, 6.07) is 14.7. The third-order valence-corrected chi connectivity index (χ3v) is 4.65. The van der Waals surface area contributed by atoms with Gasteiger partial charge in [0.2, 0.25) is 11.9 Å². The van der Waals surface area contributed by atoms with Crippen LogP contribution in [0.1, 0.15) is 5.56 Å². The molecule has 0 bridgehead atoms. The number of nitrogens with one attached hydrogen (secondary N) is 3. The molecule has 0 radical (unpaired) electrons. The average Bonchev–Trinajstić information content (AvgIpc) is 2.81. The van der Waals surface area contributed by atoms with E-state index in [-0.39, 0.29) is 11.9 Å². The van der Waals surface area contributed by atoms with Gasteiger partial charge in [0.25, 0.3) is 0 Å². The highest BCUT2D eigenvalue weighted by Crippen LogP contribution is 2.25. The van der Waals surface area contributed by atoms with Crippen LogP contribution in [0.2, 0.25) is 5.02 Å². The van der Waals surface area contributed by atoms with Crippen molar-refractivity contribution >= 4 is 46.9 Å². The van der Waals surface area contributed by atoms with Crippen LogP contribution >= 0.6 is 11.6 Å². The number of likely N-dealkylation sites (N-methyl/N-ethyl adjacent to an activating group) is 1. The summed E-state index contributed by atoms with van der Waals surface area (Å²) in [4.78, 5) is 22.6. The lowest BCUT2D eigenvalue weighted by atomic mass is 10.2. The number of ether oxygens (including phenoxy) is 1. The number of rotatable bonds is 10. The van der Waals surface area contributed by atoms with E-state index < -0.39 is 0 Å². The highest BCUT2D eigenvalue weighted by atomic mass is 35.5. The van der Waals surface area contributed by atoms with Crippen molar-refractivity contribution in [1.29, 1.82) is 0 Å². The van der Waals surface area contributed by atoms with Crippen molar-refractivity contribution in [3.63, 3.8) is 0 Å². The number of aromatic nitrogens is 2. The summed E-state index contributed by atoms with van der Waals surface area (Å²) in [6.07, 6.45) is 6.42. The van der Waals surface area contributed by atoms with Crippen LogP contribution in [0.5, 0.6) is 5.75 Å². The van der Waals surface area contributed by atoms with Crippen molar-refractivity contribution in [3.05, 3.63) is 77.5 Å². The van der Waals surface area contributed by atoms with E-state index in [1.165, 1.54) is 12.3 Å². The molecule has 1 aromatic heterocycles. The van der Waals surface area contributed by atoms with E-state index in [0.29, 0.717) is 28.8 Å². The molecule has 10 heteroatoms. The molecule has 0 aliphatic rings. The fourth-order valence-corrected chi connectivity index (χ4v) is 2.87. The summed E-state index contributed by atoms with van der Waals surface area (Å²) < 4.78 is 5.14. The Morgan fingerprint density at radius 1 is 1.18 bits per heavy atom. The molecule has 0 spiro atoms. The minimum absolute atomic E-state index is 0.208. The number of carbonyl (C=O) groups excluding carboxylic acids is 1. The van der Waals surface area contributed by atoms with Crippen LogP contribution in [-0.2, 0) is 4.79 Å². The van der Waals surface area contributed by atoms with Crippen LogP contribution in [0.25, 0.3) is 0 Å². The molecule has 34 heavy (non-hydrogen) atoms. The Bertz CT molecular complexity index is 1160. The van der Waals surface area contributed by atoms with E-state index >= 15 is 0 Å². The summed E-state index contributed by atoms with van der Waals surface area (Å²) in [5.74, 6) is 1.23. The Kier molecular flexibility index (Phi) is 8.96. The van der Waals surface area contributed by atoms with E-state index in [9.17, 15) is 4.79 Å². The molecule has 2 aromatic carbocycles. The molecule has 0 fully saturated rings. The smallest absolute Gasteiger partial charge is 0.248 e. The fourth-order valence-electron chi connectivity index (χ4n) is 2.73. The number of halogens is 1. The number of benzene rings is 2. The molecule has 3 aromatic rings. The zero-order valence-electron chi connectivity index (χ0n) is 19.1. The number of anilines is 4. The molecule has 176 valence electrons. The van der Waals surface area contributed by atoms with Crippen molar-refractivity contribution in [2.45, 2.75) is 0 Å². The number of methoxy groups -OCH3 is 1. The number of nitrogens with zero attached hydrogens (tertiary/aromatic N) is 4. The second-order valence-electron chi connectivity index (χ2n) is 7.39. The fraction of sp³-hybridized carbons (Fsp3) is 0.167. The number of amides is 1. The summed E-state index contributed by atoms with van der Waals surface area (Å²) in [6.45, 7) is 0.682. The van der Waals surface area contributed by atoms with Crippen molar-refractivity contribution in [2.75, 3.05) is 43.8 Å². The second kappa shape index (κ2) is 12.3. The highest BCUT2D eigenvalue weighted by Gasteiger charge is 2.07. The zero-order chi connectivity index (χ0) is 24.3. The van der Waals surface area contributed by atoms with Gasteiger partial charge in [-0.1, -0.05) is 23.7 Å². The molecule has 1 amide bonds. The van der Waals surface area contributed by atoms with E-state index in [4.69, 9.17) is 16.3 Å². The van der Waals surface area contributed by atoms with Gasteiger partial charge in [-0.15, -0.1) is 0 Å². The Balaban J connectivity index is 1.63. The molecule has 9 nitrogen and oxygen atoms in total. The molecule has 0 saturated carbocycles. The van der Waals surface area contributed by atoms with Crippen molar-refractivity contribution < 1.29 is 9.53 Å². The van der Waals surface area contributed by atoms with Crippen LogP contribution in [-0.4, -0.2) is 54.7 Å². The first-order valence-corrected chi connectivity index (χ1v) is 10.8. The maximum Gasteiger partial charge on any atom is 0.248 e. The van der Waals surface area contributed by atoms with Crippen LogP contribution in [0, 0.1) is 0 Å². The first-order chi connectivity index (χ1) is 16.4. The van der Waals surface area contributed by atoms with Gasteiger partial charge in [-0.2, -0.15) is 10.1 Å². The summed E-state index contributed by atoms with van der Waals surface area (Å²) >= 11 is 6.26. The van der Waals surface area contributed by atoms with Crippen molar-refractivity contribution in [2.24, 2.45) is 5.10 Å². The van der Waals surface area contributed by atoms with Gasteiger partial charge in [-0.25, -0.2) is 10.4 Å². The Morgan fingerprint density at radius 3 is 2.68 bits per heavy atom. The highest BCUT2D eigenvalue weighted by molar-refractivity contribution is 6.32.